The Morgan fingerprint density at radius 3 is 2.71 bits per heavy atom. The van der Waals surface area contributed by atoms with E-state index in [9.17, 15) is 13.6 Å². The van der Waals surface area contributed by atoms with E-state index in [1.165, 1.54) is 6.20 Å². The van der Waals surface area contributed by atoms with E-state index < -0.39 is 6.43 Å². The Bertz CT molecular complexity index is 357. The van der Waals surface area contributed by atoms with Crippen LogP contribution in [0.25, 0.3) is 0 Å². The van der Waals surface area contributed by atoms with E-state index >= 15 is 0 Å². The fourth-order valence-corrected chi connectivity index (χ4v) is 1.72. The molecule has 2 N–H and O–H groups in total. The van der Waals surface area contributed by atoms with Gasteiger partial charge in [-0.25, -0.2) is 13.8 Å². The summed E-state index contributed by atoms with van der Waals surface area (Å²) in [5.74, 6) is -0.236. The molecule has 1 rings (SSSR count). The molecule has 0 saturated heterocycles. The highest BCUT2D eigenvalue weighted by molar-refractivity contribution is 9.08. The lowest BCUT2D eigenvalue weighted by atomic mass is 10.1. The number of anilines is 1. The molecule has 6 heteroatoms. The second kappa shape index (κ2) is 4.45. The molecule has 1 heterocycles. The van der Waals surface area contributed by atoms with Crippen LogP contribution in [-0.4, -0.2) is 11.3 Å². The van der Waals surface area contributed by atoms with E-state index in [4.69, 9.17) is 5.73 Å². The average molecular weight is 265 g/mol. The summed E-state index contributed by atoms with van der Waals surface area (Å²) in [5.41, 5.74) is 5.25. The molecule has 0 amide bonds. The highest BCUT2D eigenvalue weighted by Crippen LogP contribution is 2.30. The van der Waals surface area contributed by atoms with Gasteiger partial charge in [0.05, 0.1) is 5.56 Å². The molecule has 0 unspecified atom stereocenters. The van der Waals surface area contributed by atoms with Crippen LogP contribution < -0.4 is 5.73 Å². The number of rotatable bonds is 3. The van der Waals surface area contributed by atoms with Crippen LogP contribution in [-0.2, 0) is 5.33 Å². The maximum atomic E-state index is 12.5. The van der Waals surface area contributed by atoms with Crippen LogP contribution >= 0.6 is 15.9 Å². The third-order valence-electron chi connectivity index (χ3n) is 1.77. The summed E-state index contributed by atoms with van der Waals surface area (Å²) in [7, 11) is 0. The van der Waals surface area contributed by atoms with E-state index in [0.717, 1.165) is 0 Å². The van der Waals surface area contributed by atoms with Gasteiger partial charge in [0.1, 0.15) is 5.82 Å². The summed E-state index contributed by atoms with van der Waals surface area (Å²) in [5, 5.41) is 0.146. The van der Waals surface area contributed by atoms with Gasteiger partial charge in [0.15, 0.2) is 6.29 Å². The van der Waals surface area contributed by atoms with Crippen LogP contribution in [0.2, 0.25) is 0 Å². The molecule has 0 aliphatic heterocycles. The minimum Gasteiger partial charge on any atom is -0.383 e. The Hall–Kier alpha value is -1.04. The van der Waals surface area contributed by atoms with Gasteiger partial charge in [-0.15, -0.1) is 0 Å². The number of pyridine rings is 1. The molecule has 14 heavy (non-hydrogen) atoms. The number of aldehydes is 1. The van der Waals surface area contributed by atoms with Crippen molar-refractivity contribution < 1.29 is 13.6 Å². The quantitative estimate of drug-likeness (QED) is 0.674. The summed E-state index contributed by atoms with van der Waals surface area (Å²) in [4.78, 5) is 14.1. The Morgan fingerprint density at radius 1 is 1.64 bits per heavy atom. The largest absolute Gasteiger partial charge is 0.383 e. The molecule has 0 radical (unpaired) electrons. The summed E-state index contributed by atoms with van der Waals surface area (Å²) in [6.07, 6.45) is -1.06. The lowest BCUT2D eigenvalue weighted by Gasteiger charge is -2.10. The zero-order valence-corrected chi connectivity index (χ0v) is 8.59. The number of hydrogen-bond acceptors (Lipinski definition) is 3. The van der Waals surface area contributed by atoms with Crippen molar-refractivity contribution in [2.45, 2.75) is 11.8 Å². The Labute approximate surface area is 87.4 Å². The van der Waals surface area contributed by atoms with Gasteiger partial charge in [-0.2, -0.15) is 0 Å². The van der Waals surface area contributed by atoms with Crippen LogP contribution in [0.15, 0.2) is 6.20 Å². The maximum absolute atomic E-state index is 12.5. The number of aromatic nitrogens is 1. The Balaban J connectivity index is 3.42. The number of carbonyl (C=O) groups is 1. The van der Waals surface area contributed by atoms with E-state index in [0.29, 0.717) is 6.29 Å². The summed E-state index contributed by atoms with van der Waals surface area (Å²) < 4.78 is 25.1. The molecule has 0 aliphatic rings. The average Bonchev–Trinajstić information content (AvgIpc) is 2.16. The predicted octanol–water partition coefficient (Wildman–Crippen LogP) is 2.31. The minimum atomic E-state index is -2.73. The topological polar surface area (TPSA) is 56.0 Å². The lowest BCUT2D eigenvalue weighted by molar-refractivity contribution is 0.112. The SMILES string of the molecule is Nc1ncc(C=O)c(CBr)c1C(F)F. The second-order valence-corrected chi connectivity index (χ2v) is 3.10. The summed E-state index contributed by atoms with van der Waals surface area (Å²) in [6, 6.07) is 0. The van der Waals surface area contributed by atoms with Gasteiger partial charge >= 0.3 is 0 Å². The Morgan fingerprint density at radius 2 is 2.29 bits per heavy atom. The first-order chi connectivity index (χ1) is 6.61. The smallest absolute Gasteiger partial charge is 0.267 e. The molecule has 0 spiro atoms. The number of carbonyl (C=O) groups excluding carboxylic acids is 1. The number of hydrogen-bond donors (Lipinski definition) is 1. The van der Waals surface area contributed by atoms with E-state index in [2.05, 4.69) is 20.9 Å². The van der Waals surface area contributed by atoms with Crippen LogP contribution in [0, 0.1) is 0 Å². The van der Waals surface area contributed by atoms with Crippen LogP contribution in [0.1, 0.15) is 27.9 Å². The standard InChI is InChI=1S/C8H7BrF2N2O/c9-1-5-4(3-14)2-13-8(12)6(5)7(10)11/h2-3,7H,1H2,(H2,12,13). The summed E-state index contributed by atoms with van der Waals surface area (Å²) in [6.45, 7) is 0. The molecule has 0 aromatic carbocycles. The van der Waals surface area contributed by atoms with Gasteiger partial charge in [0, 0.05) is 17.1 Å². The fourth-order valence-electron chi connectivity index (χ4n) is 1.09. The number of halogens is 3. The van der Waals surface area contributed by atoms with Crippen molar-refractivity contribution in [2.75, 3.05) is 5.73 Å². The number of nitrogens with two attached hydrogens (primary N) is 1. The highest BCUT2D eigenvalue weighted by Gasteiger charge is 2.19. The normalized spacial score (nSPS) is 10.6. The van der Waals surface area contributed by atoms with Gasteiger partial charge in [0.2, 0.25) is 0 Å². The van der Waals surface area contributed by atoms with Gasteiger partial charge < -0.3 is 5.73 Å². The number of nitrogens with zero attached hydrogens (tertiary/aromatic N) is 1. The zero-order chi connectivity index (χ0) is 10.7. The van der Waals surface area contributed by atoms with Crippen molar-refractivity contribution in [1.29, 1.82) is 0 Å². The molecule has 1 aromatic rings. The molecule has 3 nitrogen and oxygen atoms in total. The van der Waals surface area contributed by atoms with Gasteiger partial charge in [-0.1, -0.05) is 15.9 Å². The van der Waals surface area contributed by atoms with Crippen molar-refractivity contribution in [3.05, 3.63) is 22.9 Å². The van der Waals surface area contributed by atoms with Gasteiger partial charge in [-0.3, -0.25) is 4.79 Å². The molecular weight excluding hydrogens is 258 g/mol. The third kappa shape index (κ3) is 1.89. The molecule has 0 atom stereocenters. The fraction of sp³-hybridized carbons (Fsp3) is 0.250. The minimum absolute atomic E-state index is 0.131. The van der Waals surface area contributed by atoms with Crippen LogP contribution in [0.5, 0.6) is 0 Å². The molecule has 0 fully saturated rings. The molecule has 76 valence electrons. The lowest BCUT2D eigenvalue weighted by Crippen LogP contribution is -2.05. The van der Waals surface area contributed by atoms with E-state index in [1.54, 1.807) is 0 Å². The van der Waals surface area contributed by atoms with Crippen molar-refractivity contribution in [3.63, 3.8) is 0 Å². The highest BCUT2D eigenvalue weighted by atomic mass is 79.9. The first-order valence-electron chi connectivity index (χ1n) is 3.68. The monoisotopic (exact) mass is 264 g/mol. The predicted molar refractivity (Wildman–Crippen MR) is 51.6 cm³/mol. The zero-order valence-electron chi connectivity index (χ0n) is 7.01. The van der Waals surface area contributed by atoms with Crippen molar-refractivity contribution in [2.24, 2.45) is 0 Å². The maximum Gasteiger partial charge on any atom is 0.267 e. The first-order valence-corrected chi connectivity index (χ1v) is 4.80. The molecule has 0 saturated carbocycles. The molecule has 1 aromatic heterocycles. The van der Waals surface area contributed by atoms with E-state index in [-0.39, 0.29) is 27.8 Å². The summed E-state index contributed by atoms with van der Waals surface area (Å²) >= 11 is 3.03. The molecule has 0 aliphatic carbocycles. The number of nitrogen functional groups attached to an aromatic ring is 1. The second-order valence-electron chi connectivity index (χ2n) is 2.54. The van der Waals surface area contributed by atoms with Crippen molar-refractivity contribution in [3.8, 4) is 0 Å². The number of alkyl halides is 3. The van der Waals surface area contributed by atoms with E-state index in [1.807, 2.05) is 0 Å². The van der Waals surface area contributed by atoms with Crippen molar-refractivity contribution in [1.82, 2.24) is 4.98 Å². The van der Waals surface area contributed by atoms with Crippen LogP contribution in [0.3, 0.4) is 0 Å². The van der Waals surface area contributed by atoms with Gasteiger partial charge in [0.25, 0.3) is 6.43 Å². The van der Waals surface area contributed by atoms with Crippen molar-refractivity contribution >= 4 is 28.0 Å². The van der Waals surface area contributed by atoms with Crippen LogP contribution in [0.4, 0.5) is 14.6 Å². The first kappa shape index (κ1) is 11.0. The van der Waals surface area contributed by atoms with Gasteiger partial charge in [-0.05, 0) is 5.56 Å². The third-order valence-corrected chi connectivity index (χ3v) is 2.33. The Kier molecular flexibility index (Phi) is 3.51. The molecular formula is C8H7BrF2N2O. The molecule has 0 bridgehead atoms.